The molecule has 2 heteroatoms. The second-order valence-electron chi connectivity index (χ2n) is 7.49. The van der Waals surface area contributed by atoms with E-state index < -0.39 is 0 Å². The minimum Gasteiger partial charge on any atom is -0.372 e. The zero-order valence-corrected chi connectivity index (χ0v) is 13.4. The van der Waals surface area contributed by atoms with Gasteiger partial charge in [0.05, 0.1) is 12.7 Å². The second kappa shape index (κ2) is 4.30. The van der Waals surface area contributed by atoms with Gasteiger partial charge in [-0.25, -0.2) is 0 Å². The maximum Gasteiger partial charge on any atom is 0.0896 e. The number of allylic oxidation sites excluding steroid dienone is 3. The van der Waals surface area contributed by atoms with Crippen LogP contribution in [0.15, 0.2) is 36.4 Å². The van der Waals surface area contributed by atoms with Crippen molar-refractivity contribution in [3.63, 3.8) is 0 Å². The molecule has 3 aliphatic carbocycles. The smallest absolute Gasteiger partial charge is 0.0896 e. The van der Waals surface area contributed by atoms with Gasteiger partial charge in [0, 0.05) is 22.8 Å². The van der Waals surface area contributed by atoms with E-state index in [0.717, 1.165) is 17.8 Å². The molecule has 4 bridgehead atoms. The first-order valence-electron chi connectivity index (χ1n) is 8.66. The Morgan fingerprint density at radius 3 is 2.64 bits per heavy atom. The summed E-state index contributed by atoms with van der Waals surface area (Å²) in [5, 5.41) is 0.753. The third-order valence-electron chi connectivity index (χ3n) is 6.55. The Balaban J connectivity index is 1.56. The monoisotopic (exact) mass is 308 g/mol. The average Bonchev–Trinajstić information content (AvgIpc) is 2.62. The van der Waals surface area contributed by atoms with Crippen LogP contribution in [0.5, 0.6) is 0 Å². The molecule has 2 saturated heterocycles. The molecule has 22 heavy (non-hydrogen) atoms. The van der Waals surface area contributed by atoms with Crippen LogP contribution in [0.1, 0.15) is 58.3 Å². The summed E-state index contributed by atoms with van der Waals surface area (Å²) >= 11 is 2.18. The summed E-state index contributed by atoms with van der Waals surface area (Å²) in [5.74, 6) is 3.95. The first-order chi connectivity index (χ1) is 10.9. The Labute approximate surface area is 135 Å². The lowest BCUT2D eigenvalue weighted by Gasteiger charge is -2.50. The predicted octanol–water partition coefficient (Wildman–Crippen LogP) is 4.88. The van der Waals surface area contributed by atoms with Crippen molar-refractivity contribution in [2.75, 3.05) is 12.4 Å². The minimum atomic E-state index is 0.293. The molecule has 0 saturated carbocycles. The highest BCUT2D eigenvalue weighted by atomic mass is 32.2. The van der Waals surface area contributed by atoms with Crippen molar-refractivity contribution in [2.24, 2.45) is 11.8 Å². The van der Waals surface area contributed by atoms with E-state index in [1.807, 2.05) is 0 Å². The first kappa shape index (κ1) is 12.4. The lowest BCUT2D eigenvalue weighted by Crippen LogP contribution is -2.41. The van der Waals surface area contributed by atoms with Gasteiger partial charge in [-0.05, 0) is 46.9 Å². The van der Waals surface area contributed by atoms with E-state index in [0.29, 0.717) is 23.9 Å². The SMILES string of the molecule is C1=CC2C3COC(c4cc5c(cc43)C3CCC5SC3)C2C=C1. The molecule has 6 atom stereocenters. The van der Waals surface area contributed by atoms with Crippen molar-refractivity contribution in [1.82, 2.24) is 0 Å². The highest BCUT2D eigenvalue weighted by molar-refractivity contribution is 7.99. The molecule has 6 unspecified atom stereocenters. The molecule has 0 spiro atoms. The maximum absolute atomic E-state index is 6.25. The van der Waals surface area contributed by atoms with Crippen LogP contribution >= 0.6 is 11.8 Å². The van der Waals surface area contributed by atoms with Gasteiger partial charge in [-0.2, -0.15) is 11.8 Å². The van der Waals surface area contributed by atoms with E-state index in [4.69, 9.17) is 4.74 Å². The van der Waals surface area contributed by atoms with Gasteiger partial charge in [0.15, 0.2) is 0 Å². The van der Waals surface area contributed by atoms with E-state index in [1.165, 1.54) is 24.2 Å². The van der Waals surface area contributed by atoms with Crippen LogP contribution in [-0.4, -0.2) is 12.4 Å². The van der Waals surface area contributed by atoms with Crippen molar-refractivity contribution in [3.05, 3.63) is 58.7 Å². The predicted molar refractivity (Wildman–Crippen MR) is 90.3 cm³/mol. The fourth-order valence-corrected chi connectivity index (χ4v) is 6.98. The molecule has 1 nitrogen and oxygen atoms in total. The number of fused-ring (bicyclic) bond motifs is 3. The summed E-state index contributed by atoms with van der Waals surface area (Å²) in [4.78, 5) is 0. The second-order valence-corrected chi connectivity index (χ2v) is 8.73. The van der Waals surface area contributed by atoms with Gasteiger partial charge < -0.3 is 4.74 Å². The Hall–Kier alpha value is -0.990. The van der Waals surface area contributed by atoms with Crippen LogP contribution in [0.3, 0.4) is 0 Å². The van der Waals surface area contributed by atoms with Crippen LogP contribution in [0, 0.1) is 11.8 Å². The third-order valence-corrected chi connectivity index (χ3v) is 8.04. The number of thioether (sulfide) groups is 1. The van der Waals surface area contributed by atoms with Gasteiger partial charge in [-0.3, -0.25) is 0 Å². The number of rotatable bonds is 0. The Kier molecular flexibility index (Phi) is 2.43. The van der Waals surface area contributed by atoms with Crippen molar-refractivity contribution in [1.29, 1.82) is 0 Å². The lowest BCUT2D eigenvalue weighted by atomic mass is 9.63. The van der Waals surface area contributed by atoms with E-state index >= 15 is 0 Å². The fourth-order valence-electron chi connectivity index (χ4n) is 5.48. The van der Waals surface area contributed by atoms with Crippen molar-refractivity contribution >= 4 is 11.8 Å². The van der Waals surface area contributed by atoms with Crippen LogP contribution in [-0.2, 0) is 4.74 Å². The van der Waals surface area contributed by atoms with Crippen LogP contribution in [0.25, 0.3) is 0 Å². The third kappa shape index (κ3) is 1.46. The zero-order valence-electron chi connectivity index (χ0n) is 12.6. The molecular weight excluding hydrogens is 288 g/mol. The van der Waals surface area contributed by atoms with Crippen molar-refractivity contribution in [3.8, 4) is 0 Å². The lowest BCUT2D eigenvalue weighted by molar-refractivity contribution is -0.0623. The van der Waals surface area contributed by atoms with E-state index in [9.17, 15) is 0 Å². The summed E-state index contributed by atoms with van der Waals surface area (Å²) in [6.45, 7) is 0.915. The molecule has 0 radical (unpaired) electrons. The molecule has 112 valence electrons. The minimum absolute atomic E-state index is 0.293. The Morgan fingerprint density at radius 1 is 0.909 bits per heavy atom. The van der Waals surface area contributed by atoms with Gasteiger partial charge in [-0.15, -0.1) is 0 Å². The van der Waals surface area contributed by atoms with Gasteiger partial charge >= 0.3 is 0 Å². The van der Waals surface area contributed by atoms with E-state index in [2.05, 4.69) is 48.2 Å². The molecular formula is C20H20OS. The standard InChI is InChI=1S/C20H20OS/c1-2-4-13-12(3-1)18-9-21-20(13)17-8-16-14(7-15(17)18)11-5-6-19(16)22-10-11/h1-4,7-8,11-13,18-20H,5-6,9-10H2. The molecule has 0 amide bonds. The number of hydrogen-bond donors (Lipinski definition) is 0. The number of ether oxygens (including phenoxy) is 1. The van der Waals surface area contributed by atoms with Gasteiger partial charge in [0.1, 0.15) is 0 Å². The zero-order chi connectivity index (χ0) is 14.3. The van der Waals surface area contributed by atoms with Gasteiger partial charge in [-0.1, -0.05) is 36.4 Å². The van der Waals surface area contributed by atoms with Crippen LogP contribution in [0.4, 0.5) is 0 Å². The Morgan fingerprint density at radius 2 is 1.77 bits per heavy atom. The summed E-state index contributed by atoms with van der Waals surface area (Å²) in [7, 11) is 0. The molecule has 7 aliphatic rings. The molecule has 1 aromatic rings. The van der Waals surface area contributed by atoms with E-state index in [-0.39, 0.29) is 0 Å². The Bertz CT molecular complexity index is 650. The molecule has 0 N–H and O–H groups in total. The topological polar surface area (TPSA) is 9.23 Å². The summed E-state index contributed by atoms with van der Waals surface area (Å²) < 4.78 is 6.25. The number of benzene rings is 1. The summed E-state index contributed by atoms with van der Waals surface area (Å²) in [6.07, 6.45) is 12.3. The first-order valence-corrected chi connectivity index (χ1v) is 9.71. The average molecular weight is 308 g/mol. The van der Waals surface area contributed by atoms with Crippen LogP contribution < -0.4 is 0 Å². The molecule has 4 heterocycles. The molecule has 4 aliphatic heterocycles. The normalized spacial score (nSPS) is 42.9. The molecule has 1 aromatic carbocycles. The highest BCUT2D eigenvalue weighted by Crippen LogP contribution is 2.58. The molecule has 0 aromatic heterocycles. The maximum atomic E-state index is 6.25. The summed E-state index contributed by atoms with van der Waals surface area (Å²) in [5.41, 5.74) is 6.47. The molecule has 2 fully saturated rings. The highest BCUT2D eigenvalue weighted by Gasteiger charge is 2.47. The number of hydrogen-bond acceptors (Lipinski definition) is 2. The largest absolute Gasteiger partial charge is 0.372 e. The van der Waals surface area contributed by atoms with E-state index in [1.54, 1.807) is 16.7 Å². The molecule has 8 rings (SSSR count). The van der Waals surface area contributed by atoms with Crippen molar-refractivity contribution < 1.29 is 4.74 Å². The van der Waals surface area contributed by atoms with Gasteiger partial charge in [0.2, 0.25) is 0 Å². The quantitative estimate of drug-likeness (QED) is 0.675. The fraction of sp³-hybridized carbons (Fsp3) is 0.500. The van der Waals surface area contributed by atoms with Gasteiger partial charge in [0.25, 0.3) is 0 Å². The van der Waals surface area contributed by atoms with Crippen molar-refractivity contribution in [2.45, 2.75) is 36.0 Å². The summed E-state index contributed by atoms with van der Waals surface area (Å²) in [6, 6.07) is 5.15. The van der Waals surface area contributed by atoms with Crippen LogP contribution in [0.2, 0.25) is 0 Å².